The fourth-order valence-electron chi connectivity index (χ4n) is 2.48. The largest absolute Gasteiger partial charge is 0.480 e. The molecule has 0 aliphatic rings. The number of aliphatic carboxylic acids is 1. The summed E-state index contributed by atoms with van der Waals surface area (Å²) in [6, 6.07) is -3.65. The van der Waals surface area contributed by atoms with Gasteiger partial charge >= 0.3 is 11.9 Å². The molecule has 0 aliphatic carbocycles. The molecule has 0 aromatic heterocycles. The van der Waals surface area contributed by atoms with Crippen LogP contribution in [-0.4, -0.2) is 71.3 Å². The number of carbonyl (C=O) groups is 4. The first kappa shape index (κ1) is 29.8. The van der Waals surface area contributed by atoms with Crippen LogP contribution < -0.4 is 22.1 Å². The van der Waals surface area contributed by atoms with Gasteiger partial charge in [-0.05, 0) is 67.3 Å². The van der Waals surface area contributed by atoms with E-state index in [2.05, 4.69) is 10.6 Å². The third-order valence-corrected chi connectivity index (χ3v) is 4.02. The first-order chi connectivity index (χ1) is 14.6. The zero-order valence-corrected chi connectivity index (χ0v) is 20.0. The summed E-state index contributed by atoms with van der Waals surface area (Å²) in [6.45, 7) is 10.7. The third kappa shape index (κ3) is 13.9. The predicted molar refractivity (Wildman–Crippen MR) is 119 cm³/mol. The standard InChI is InChI=1S/C21H40N4O7/c1-20(2,3)31-12-13(23)17(27)25-15(11-16(26)32-21(4,5)6)18(28)24-14(19(29)30)9-7-8-10-22/h13-15H,7-12,22-23H2,1-6H3,(H,24,28)(H,25,27)(H,29,30)/t13-,14-,15-/m0/s1. The second-order valence-corrected chi connectivity index (χ2v) is 9.57. The van der Waals surface area contributed by atoms with E-state index >= 15 is 0 Å². The highest BCUT2D eigenvalue weighted by molar-refractivity contribution is 5.94. The van der Waals surface area contributed by atoms with Crippen LogP contribution in [0, 0.1) is 0 Å². The van der Waals surface area contributed by atoms with E-state index in [0.29, 0.717) is 19.4 Å². The minimum absolute atomic E-state index is 0.104. The van der Waals surface area contributed by atoms with Crippen LogP contribution in [0.1, 0.15) is 67.2 Å². The molecule has 0 saturated heterocycles. The number of carboxylic acid groups (broad SMARTS) is 1. The fraction of sp³-hybridized carbons (Fsp3) is 0.810. The van der Waals surface area contributed by atoms with Gasteiger partial charge < -0.3 is 36.7 Å². The molecular weight excluding hydrogens is 420 g/mol. The van der Waals surface area contributed by atoms with Crippen LogP contribution in [0.4, 0.5) is 0 Å². The molecule has 11 nitrogen and oxygen atoms in total. The van der Waals surface area contributed by atoms with E-state index in [-0.39, 0.29) is 13.0 Å². The van der Waals surface area contributed by atoms with Crippen molar-refractivity contribution in [3.63, 3.8) is 0 Å². The van der Waals surface area contributed by atoms with Gasteiger partial charge in [0, 0.05) is 0 Å². The van der Waals surface area contributed by atoms with E-state index < -0.39 is 59.5 Å². The van der Waals surface area contributed by atoms with Gasteiger partial charge in [0.15, 0.2) is 0 Å². The molecule has 0 saturated carbocycles. The Balaban J connectivity index is 5.34. The molecule has 0 heterocycles. The third-order valence-electron chi connectivity index (χ3n) is 4.02. The van der Waals surface area contributed by atoms with E-state index in [4.69, 9.17) is 20.9 Å². The smallest absolute Gasteiger partial charge is 0.326 e. The van der Waals surface area contributed by atoms with Crippen LogP contribution >= 0.6 is 0 Å². The number of hydrogen-bond acceptors (Lipinski definition) is 8. The number of carbonyl (C=O) groups excluding carboxylic acids is 3. The molecular formula is C21H40N4O7. The Morgan fingerprint density at radius 3 is 1.94 bits per heavy atom. The Labute approximate surface area is 189 Å². The van der Waals surface area contributed by atoms with Crippen molar-refractivity contribution >= 4 is 23.8 Å². The molecule has 186 valence electrons. The lowest BCUT2D eigenvalue weighted by Gasteiger charge is -2.26. The highest BCUT2D eigenvalue weighted by Crippen LogP contribution is 2.11. The van der Waals surface area contributed by atoms with Crippen molar-refractivity contribution in [3.8, 4) is 0 Å². The van der Waals surface area contributed by atoms with Gasteiger partial charge in [-0.25, -0.2) is 4.79 Å². The number of amides is 2. The Hall–Kier alpha value is -2.24. The lowest BCUT2D eigenvalue weighted by molar-refractivity contribution is -0.156. The number of nitrogens with two attached hydrogens (primary N) is 2. The van der Waals surface area contributed by atoms with Crippen LogP contribution in [0.5, 0.6) is 0 Å². The topological polar surface area (TPSA) is 183 Å². The van der Waals surface area contributed by atoms with Crippen molar-refractivity contribution in [1.29, 1.82) is 0 Å². The first-order valence-electron chi connectivity index (χ1n) is 10.7. The Kier molecular flexibility index (Phi) is 12.4. The monoisotopic (exact) mass is 460 g/mol. The number of nitrogens with one attached hydrogen (secondary N) is 2. The summed E-state index contributed by atoms with van der Waals surface area (Å²) in [4.78, 5) is 49.0. The Morgan fingerprint density at radius 2 is 1.47 bits per heavy atom. The zero-order chi connectivity index (χ0) is 25.1. The van der Waals surface area contributed by atoms with Gasteiger partial charge in [-0.2, -0.15) is 0 Å². The number of unbranched alkanes of at least 4 members (excludes halogenated alkanes) is 1. The second kappa shape index (κ2) is 13.3. The molecule has 3 atom stereocenters. The highest BCUT2D eigenvalue weighted by Gasteiger charge is 2.31. The molecule has 0 spiro atoms. The summed E-state index contributed by atoms with van der Waals surface area (Å²) in [5, 5.41) is 14.2. The van der Waals surface area contributed by atoms with Crippen LogP contribution in [0.25, 0.3) is 0 Å². The normalized spacial score (nSPS) is 14.8. The number of hydrogen-bond donors (Lipinski definition) is 5. The second-order valence-electron chi connectivity index (χ2n) is 9.57. The molecule has 32 heavy (non-hydrogen) atoms. The molecule has 2 amide bonds. The van der Waals surface area contributed by atoms with Gasteiger partial charge in [-0.15, -0.1) is 0 Å². The van der Waals surface area contributed by atoms with Gasteiger partial charge in [-0.1, -0.05) is 0 Å². The molecule has 0 rings (SSSR count). The molecule has 11 heteroatoms. The van der Waals surface area contributed by atoms with Crippen LogP contribution in [0.3, 0.4) is 0 Å². The molecule has 0 aliphatic heterocycles. The van der Waals surface area contributed by atoms with Gasteiger partial charge in [0.05, 0.1) is 18.6 Å². The number of rotatable bonds is 13. The van der Waals surface area contributed by atoms with Crippen molar-refractivity contribution in [1.82, 2.24) is 10.6 Å². The van der Waals surface area contributed by atoms with Crippen LogP contribution in [0.15, 0.2) is 0 Å². The van der Waals surface area contributed by atoms with E-state index in [1.54, 1.807) is 41.5 Å². The van der Waals surface area contributed by atoms with Crippen molar-refractivity contribution in [3.05, 3.63) is 0 Å². The average molecular weight is 461 g/mol. The molecule has 0 aromatic carbocycles. The average Bonchev–Trinajstić information content (AvgIpc) is 2.62. The van der Waals surface area contributed by atoms with Crippen molar-refractivity contribution in [2.24, 2.45) is 11.5 Å². The van der Waals surface area contributed by atoms with E-state index in [1.165, 1.54) is 0 Å². The summed E-state index contributed by atoms with van der Waals surface area (Å²) in [5.74, 6) is -3.50. The molecule has 7 N–H and O–H groups in total. The molecule has 0 fully saturated rings. The van der Waals surface area contributed by atoms with E-state index in [0.717, 1.165) is 0 Å². The van der Waals surface area contributed by atoms with Gasteiger partial charge in [-0.3, -0.25) is 14.4 Å². The lowest BCUT2D eigenvalue weighted by atomic mass is 10.1. The quantitative estimate of drug-likeness (QED) is 0.187. The summed E-state index contributed by atoms with van der Waals surface area (Å²) < 4.78 is 10.7. The Bertz CT molecular complexity index is 641. The highest BCUT2D eigenvalue weighted by atomic mass is 16.6. The number of carboxylic acids is 1. The fourth-order valence-corrected chi connectivity index (χ4v) is 2.48. The maximum Gasteiger partial charge on any atom is 0.326 e. The maximum absolute atomic E-state index is 12.8. The molecule has 0 radical (unpaired) electrons. The molecule has 0 aromatic rings. The van der Waals surface area contributed by atoms with Crippen molar-refractivity contribution in [2.75, 3.05) is 13.2 Å². The number of esters is 1. The number of ether oxygens (including phenoxy) is 2. The van der Waals surface area contributed by atoms with Gasteiger partial charge in [0.2, 0.25) is 11.8 Å². The zero-order valence-electron chi connectivity index (χ0n) is 20.0. The van der Waals surface area contributed by atoms with Gasteiger partial charge in [0.1, 0.15) is 23.7 Å². The maximum atomic E-state index is 12.8. The minimum Gasteiger partial charge on any atom is -0.480 e. The lowest BCUT2D eigenvalue weighted by Crippen LogP contribution is -2.56. The van der Waals surface area contributed by atoms with Crippen LogP contribution in [0.2, 0.25) is 0 Å². The van der Waals surface area contributed by atoms with E-state index in [9.17, 15) is 24.3 Å². The van der Waals surface area contributed by atoms with Crippen molar-refractivity contribution in [2.45, 2.75) is 96.6 Å². The SMILES string of the molecule is CC(C)(C)OC[C@H](N)C(=O)N[C@@H](CC(=O)OC(C)(C)C)C(=O)N[C@@H](CCCCN)C(=O)O. The van der Waals surface area contributed by atoms with Crippen molar-refractivity contribution < 1.29 is 33.8 Å². The summed E-state index contributed by atoms with van der Waals surface area (Å²) in [7, 11) is 0. The first-order valence-corrected chi connectivity index (χ1v) is 10.7. The summed E-state index contributed by atoms with van der Waals surface area (Å²) in [5.41, 5.74) is 9.94. The van der Waals surface area contributed by atoms with Gasteiger partial charge in [0.25, 0.3) is 0 Å². The predicted octanol–water partition coefficient (Wildman–Crippen LogP) is 0.0438. The van der Waals surface area contributed by atoms with Crippen LogP contribution in [-0.2, 0) is 28.7 Å². The van der Waals surface area contributed by atoms with E-state index in [1.807, 2.05) is 0 Å². The summed E-state index contributed by atoms with van der Waals surface area (Å²) in [6.07, 6.45) is 0.757. The molecule has 0 bridgehead atoms. The summed E-state index contributed by atoms with van der Waals surface area (Å²) >= 11 is 0. The minimum atomic E-state index is -1.37. The Morgan fingerprint density at radius 1 is 0.906 bits per heavy atom. The molecule has 0 unspecified atom stereocenters.